The Hall–Kier alpha value is -2.80. The molecule has 0 spiro atoms. The Bertz CT molecular complexity index is 860. The second-order valence-electron chi connectivity index (χ2n) is 7.51. The summed E-state index contributed by atoms with van der Waals surface area (Å²) in [6.07, 6.45) is 8.98. The van der Waals surface area contributed by atoms with Crippen LogP contribution in [0.5, 0.6) is 0 Å². The fourth-order valence-electron chi connectivity index (χ4n) is 3.90. The minimum atomic E-state index is 0.262. The third-order valence-electron chi connectivity index (χ3n) is 5.64. The zero-order valence-corrected chi connectivity index (χ0v) is 15.9. The largest absolute Gasteiger partial charge is 0.396 e. The molecular weight excluding hydrogens is 352 g/mol. The van der Waals surface area contributed by atoms with Gasteiger partial charge in [-0.2, -0.15) is 5.11 Å². The molecule has 4 rings (SSSR count). The molecule has 28 heavy (non-hydrogen) atoms. The van der Waals surface area contributed by atoms with E-state index < -0.39 is 0 Å². The maximum Gasteiger partial charge on any atom is 0.156 e. The molecule has 0 amide bonds. The van der Waals surface area contributed by atoms with Crippen LogP contribution >= 0.6 is 0 Å². The Morgan fingerprint density at radius 3 is 2.89 bits per heavy atom. The molecule has 1 fully saturated rings. The number of aliphatic hydroxyl groups is 1. The molecule has 2 aromatic heterocycles. The van der Waals surface area contributed by atoms with E-state index in [1.165, 1.54) is 5.56 Å². The molecule has 2 aromatic rings. The van der Waals surface area contributed by atoms with Gasteiger partial charge in [-0.05, 0) is 60.9 Å². The summed E-state index contributed by atoms with van der Waals surface area (Å²) >= 11 is 0. The number of anilines is 2. The topological polar surface area (TPSA) is 97.5 Å². The maximum atomic E-state index is 9.33. The Morgan fingerprint density at radius 1 is 1.25 bits per heavy atom. The van der Waals surface area contributed by atoms with Crippen LogP contribution in [0.15, 0.2) is 41.7 Å². The number of aliphatic hydroxyl groups excluding tert-OH is 1. The van der Waals surface area contributed by atoms with Gasteiger partial charge in [-0.15, -0.1) is 0 Å². The van der Waals surface area contributed by atoms with Crippen LogP contribution in [0.3, 0.4) is 0 Å². The molecule has 3 N–H and O–H groups in total. The Labute approximate surface area is 165 Å². The summed E-state index contributed by atoms with van der Waals surface area (Å²) in [5.41, 5.74) is 10.3. The number of nitrogens with one attached hydrogen (secondary N) is 2. The van der Waals surface area contributed by atoms with E-state index in [-0.39, 0.29) is 6.61 Å². The minimum Gasteiger partial charge on any atom is -0.396 e. The molecule has 1 atom stereocenters. The van der Waals surface area contributed by atoms with E-state index >= 15 is 0 Å². The highest BCUT2D eigenvalue weighted by Crippen LogP contribution is 2.29. The molecule has 1 aliphatic carbocycles. The first-order valence-corrected chi connectivity index (χ1v) is 9.87. The number of piperidine rings is 1. The molecule has 0 radical (unpaired) electrons. The Kier molecular flexibility index (Phi) is 5.62. The van der Waals surface area contributed by atoms with Crippen LogP contribution in [-0.4, -0.2) is 41.3 Å². The van der Waals surface area contributed by atoms with E-state index in [2.05, 4.69) is 38.5 Å². The molecule has 0 bridgehead atoms. The molecule has 0 saturated carbocycles. The highest BCUT2D eigenvalue weighted by atomic mass is 16.3. The maximum absolute atomic E-state index is 9.33. The van der Waals surface area contributed by atoms with Crippen molar-refractivity contribution in [2.75, 3.05) is 36.5 Å². The Balaban J connectivity index is 1.43. The molecule has 0 aromatic carbocycles. The van der Waals surface area contributed by atoms with Crippen LogP contribution in [0.2, 0.25) is 0 Å². The lowest BCUT2D eigenvalue weighted by atomic mass is 9.92. The number of nitrogens with zero attached hydrogens (tertiary/aromatic N) is 4. The minimum absolute atomic E-state index is 0.262. The fourth-order valence-corrected chi connectivity index (χ4v) is 3.90. The van der Waals surface area contributed by atoms with Crippen molar-refractivity contribution in [1.29, 1.82) is 5.53 Å². The predicted molar refractivity (Wildman–Crippen MR) is 110 cm³/mol. The van der Waals surface area contributed by atoms with E-state index in [1.807, 2.05) is 24.4 Å². The first-order valence-electron chi connectivity index (χ1n) is 9.87. The molecule has 1 aliphatic heterocycles. The van der Waals surface area contributed by atoms with Crippen LogP contribution in [0.25, 0.3) is 6.08 Å². The van der Waals surface area contributed by atoms with Crippen molar-refractivity contribution in [3.8, 4) is 0 Å². The lowest BCUT2D eigenvalue weighted by Crippen LogP contribution is -2.35. The van der Waals surface area contributed by atoms with Gasteiger partial charge >= 0.3 is 0 Å². The lowest BCUT2D eigenvalue weighted by molar-refractivity contribution is 0.203. The zero-order valence-electron chi connectivity index (χ0n) is 15.9. The first kappa shape index (κ1) is 18.6. The lowest BCUT2D eigenvalue weighted by Gasteiger charge is -2.32. The molecule has 1 saturated heterocycles. The smallest absolute Gasteiger partial charge is 0.156 e. The van der Waals surface area contributed by atoms with Crippen LogP contribution in [-0.2, 0) is 6.42 Å². The zero-order chi connectivity index (χ0) is 19.3. The first-order chi connectivity index (χ1) is 13.8. The van der Waals surface area contributed by atoms with Gasteiger partial charge in [0, 0.05) is 32.4 Å². The number of aromatic nitrogens is 2. The molecule has 146 valence electrons. The van der Waals surface area contributed by atoms with Gasteiger partial charge in [-0.1, -0.05) is 12.1 Å². The van der Waals surface area contributed by atoms with Crippen molar-refractivity contribution in [3.05, 3.63) is 47.8 Å². The number of hydrogen-bond acceptors (Lipinski definition) is 7. The number of fused-ring (bicyclic) bond motifs is 1. The van der Waals surface area contributed by atoms with Gasteiger partial charge in [-0.25, -0.2) is 10.5 Å². The van der Waals surface area contributed by atoms with E-state index in [0.29, 0.717) is 23.3 Å². The highest BCUT2D eigenvalue weighted by molar-refractivity contribution is 5.64. The summed E-state index contributed by atoms with van der Waals surface area (Å²) in [6, 6.07) is 7.88. The molecule has 2 aliphatic rings. The summed E-state index contributed by atoms with van der Waals surface area (Å²) in [6.45, 7) is 2.78. The third-order valence-corrected chi connectivity index (χ3v) is 5.64. The normalized spacial score (nSPS) is 19.3. The summed E-state index contributed by atoms with van der Waals surface area (Å²) in [5.74, 6) is 2.30. The highest BCUT2D eigenvalue weighted by Gasteiger charge is 2.21. The number of hydrogen-bond donors (Lipinski definition) is 3. The SMILES string of the molecule is N=Nc1ccc(N2CCC(CO)CC2)nc1NCC1C=Cc2ncccc2C1. The molecule has 3 heterocycles. The van der Waals surface area contributed by atoms with Crippen molar-refractivity contribution in [1.82, 2.24) is 9.97 Å². The number of pyridine rings is 2. The molecular formula is C21H26N6O. The van der Waals surface area contributed by atoms with Gasteiger partial charge < -0.3 is 15.3 Å². The van der Waals surface area contributed by atoms with Crippen LogP contribution < -0.4 is 10.2 Å². The summed E-state index contributed by atoms with van der Waals surface area (Å²) in [4.78, 5) is 11.4. The van der Waals surface area contributed by atoms with E-state index in [1.54, 1.807) is 0 Å². The van der Waals surface area contributed by atoms with E-state index in [4.69, 9.17) is 10.5 Å². The third kappa shape index (κ3) is 4.04. The standard InChI is InChI=1S/C21H26N6O/c22-26-19-5-6-20(27-10-7-15(14-28)8-11-27)25-21(19)24-13-16-3-4-18-17(12-16)2-1-9-23-18/h1-6,9,15-16,22,28H,7-8,10-14H2,(H,24,25). The average Bonchev–Trinajstić information content (AvgIpc) is 2.77. The van der Waals surface area contributed by atoms with Crippen molar-refractivity contribution >= 4 is 23.4 Å². The molecule has 7 nitrogen and oxygen atoms in total. The van der Waals surface area contributed by atoms with E-state index in [9.17, 15) is 5.11 Å². The second kappa shape index (κ2) is 8.48. The van der Waals surface area contributed by atoms with Crippen molar-refractivity contribution in [3.63, 3.8) is 0 Å². The summed E-state index contributed by atoms with van der Waals surface area (Å²) in [5, 5.41) is 16.4. The van der Waals surface area contributed by atoms with Crippen LogP contribution in [0, 0.1) is 17.4 Å². The van der Waals surface area contributed by atoms with Gasteiger partial charge in [0.25, 0.3) is 0 Å². The van der Waals surface area contributed by atoms with Crippen molar-refractivity contribution in [2.45, 2.75) is 19.3 Å². The van der Waals surface area contributed by atoms with Crippen molar-refractivity contribution in [2.24, 2.45) is 17.0 Å². The summed E-state index contributed by atoms with van der Waals surface area (Å²) < 4.78 is 0. The average molecular weight is 378 g/mol. The van der Waals surface area contributed by atoms with Crippen LogP contribution in [0.1, 0.15) is 24.1 Å². The Morgan fingerprint density at radius 2 is 2.11 bits per heavy atom. The van der Waals surface area contributed by atoms with Gasteiger partial charge in [-0.3, -0.25) is 4.98 Å². The van der Waals surface area contributed by atoms with Gasteiger partial charge in [0.2, 0.25) is 0 Å². The fraction of sp³-hybridized carbons (Fsp3) is 0.429. The monoisotopic (exact) mass is 378 g/mol. The van der Waals surface area contributed by atoms with Gasteiger partial charge in [0.1, 0.15) is 11.5 Å². The van der Waals surface area contributed by atoms with Gasteiger partial charge in [0.05, 0.1) is 5.69 Å². The second-order valence-corrected chi connectivity index (χ2v) is 7.51. The van der Waals surface area contributed by atoms with Gasteiger partial charge in [0.15, 0.2) is 5.82 Å². The molecule has 1 unspecified atom stereocenters. The van der Waals surface area contributed by atoms with Crippen molar-refractivity contribution < 1.29 is 5.11 Å². The summed E-state index contributed by atoms with van der Waals surface area (Å²) in [7, 11) is 0. The van der Waals surface area contributed by atoms with E-state index in [0.717, 1.165) is 50.4 Å². The quantitative estimate of drug-likeness (QED) is 0.667. The number of rotatable bonds is 6. The molecule has 7 heteroatoms. The van der Waals surface area contributed by atoms with Crippen LogP contribution in [0.4, 0.5) is 17.3 Å². The predicted octanol–water partition coefficient (Wildman–Crippen LogP) is 3.65.